The fraction of sp³-hybridized carbons (Fsp3) is 0.348. The minimum atomic E-state index is -0.0847. The number of nitrogens with zero attached hydrogens (tertiary/aromatic N) is 1. The Labute approximate surface area is 170 Å². The van der Waals surface area contributed by atoms with Crippen molar-refractivity contribution in [3.63, 3.8) is 0 Å². The predicted molar refractivity (Wildman–Crippen MR) is 117 cm³/mol. The molecule has 4 N–H and O–H groups in total. The average molecular weight is 387 g/mol. The van der Waals surface area contributed by atoms with Gasteiger partial charge in [0.1, 0.15) is 6.07 Å². The maximum Gasteiger partial charge on any atom is 0.226 e. The van der Waals surface area contributed by atoms with E-state index in [0.717, 1.165) is 47.3 Å². The van der Waals surface area contributed by atoms with E-state index in [-0.39, 0.29) is 11.9 Å². The molecule has 1 aliphatic carbocycles. The van der Waals surface area contributed by atoms with Gasteiger partial charge in [0.15, 0.2) is 0 Å². The maximum absolute atomic E-state index is 12.3. The van der Waals surface area contributed by atoms with Crippen LogP contribution >= 0.6 is 0 Å². The number of carbonyl (C=O) groups is 1. The van der Waals surface area contributed by atoms with E-state index < -0.39 is 0 Å². The Bertz CT molecular complexity index is 1030. The Morgan fingerprint density at radius 1 is 1.28 bits per heavy atom. The normalized spacial score (nSPS) is 18.0. The van der Waals surface area contributed by atoms with E-state index in [4.69, 9.17) is 5.41 Å². The van der Waals surface area contributed by atoms with Gasteiger partial charge in [-0.15, -0.1) is 0 Å². The number of carbonyl (C=O) groups excluding carboxylic acids is 1. The zero-order valence-electron chi connectivity index (χ0n) is 16.7. The van der Waals surface area contributed by atoms with Crippen LogP contribution in [0.25, 0.3) is 11.1 Å². The van der Waals surface area contributed by atoms with Gasteiger partial charge in [-0.2, -0.15) is 5.26 Å². The second-order valence-corrected chi connectivity index (χ2v) is 7.72. The van der Waals surface area contributed by atoms with Crippen molar-refractivity contribution in [2.24, 2.45) is 5.92 Å². The quantitative estimate of drug-likeness (QED) is 0.564. The highest BCUT2D eigenvalue weighted by Gasteiger charge is 2.29. The number of fused-ring (bicyclic) bond motifs is 1. The van der Waals surface area contributed by atoms with E-state index in [0.29, 0.717) is 29.3 Å². The molecule has 2 aliphatic rings. The standard InChI is InChI=1S/C23H25N5O/c1-3-16-11-20(29)28-22-15(12-24)6-8-17(23(22)27-16)14-7-9-19(26-2)18(10-14)21(25)13-4-5-13/h6-10,13,16,25-27H,3-5,11H2,1-2H3,(H,28,29)/t16-/m1/s1. The van der Waals surface area contributed by atoms with Crippen molar-refractivity contribution in [1.29, 1.82) is 10.7 Å². The topological polar surface area (TPSA) is 101 Å². The summed E-state index contributed by atoms with van der Waals surface area (Å²) >= 11 is 0. The molecule has 148 valence electrons. The lowest BCUT2D eigenvalue weighted by Crippen LogP contribution is -2.21. The van der Waals surface area contributed by atoms with Crippen LogP contribution < -0.4 is 16.0 Å². The Balaban J connectivity index is 1.87. The number of anilines is 3. The van der Waals surface area contributed by atoms with Crippen LogP contribution in [0.1, 0.15) is 43.7 Å². The molecule has 0 radical (unpaired) electrons. The molecule has 1 saturated carbocycles. The number of hydrogen-bond acceptors (Lipinski definition) is 5. The van der Waals surface area contributed by atoms with Gasteiger partial charge in [0.25, 0.3) is 0 Å². The molecule has 4 rings (SSSR count). The van der Waals surface area contributed by atoms with Crippen LogP contribution in [-0.2, 0) is 4.79 Å². The summed E-state index contributed by atoms with van der Waals surface area (Å²) in [4.78, 5) is 12.3. The molecule has 1 amide bonds. The van der Waals surface area contributed by atoms with Crippen LogP contribution in [0, 0.1) is 22.7 Å². The Morgan fingerprint density at radius 2 is 2.07 bits per heavy atom. The molecule has 0 aromatic heterocycles. The van der Waals surface area contributed by atoms with Crippen LogP contribution in [0.15, 0.2) is 30.3 Å². The van der Waals surface area contributed by atoms with Crippen molar-refractivity contribution < 1.29 is 4.79 Å². The molecule has 1 aliphatic heterocycles. The highest BCUT2D eigenvalue weighted by atomic mass is 16.1. The number of benzene rings is 2. The molecule has 0 spiro atoms. The van der Waals surface area contributed by atoms with Crippen molar-refractivity contribution in [2.75, 3.05) is 23.0 Å². The van der Waals surface area contributed by atoms with Gasteiger partial charge in [-0.05, 0) is 43.0 Å². The van der Waals surface area contributed by atoms with Gasteiger partial charge in [0.2, 0.25) is 5.91 Å². The van der Waals surface area contributed by atoms with Gasteiger partial charge in [0.05, 0.1) is 16.9 Å². The molecule has 6 nitrogen and oxygen atoms in total. The Morgan fingerprint density at radius 3 is 2.72 bits per heavy atom. The number of rotatable bonds is 5. The first kappa shape index (κ1) is 19.0. The van der Waals surface area contributed by atoms with Gasteiger partial charge in [-0.1, -0.05) is 19.1 Å². The highest BCUT2D eigenvalue weighted by Crippen LogP contribution is 2.41. The largest absolute Gasteiger partial charge is 0.388 e. The summed E-state index contributed by atoms with van der Waals surface area (Å²) in [6, 6.07) is 11.9. The number of nitrogens with one attached hydrogen (secondary N) is 4. The molecule has 6 heteroatoms. The van der Waals surface area contributed by atoms with Crippen molar-refractivity contribution in [1.82, 2.24) is 0 Å². The third-order valence-electron chi connectivity index (χ3n) is 5.74. The van der Waals surface area contributed by atoms with Crippen molar-refractivity contribution >= 4 is 28.7 Å². The number of nitriles is 1. The van der Waals surface area contributed by atoms with Crippen LogP contribution in [0.2, 0.25) is 0 Å². The van der Waals surface area contributed by atoms with E-state index >= 15 is 0 Å². The summed E-state index contributed by atoms with van der Waals surface area (Å²) in [6.07, 6.45) is 3.32. The summed E-state index contributed by atoms with van der Waals surface area (Å²) in [5.41, 5.74) is 6.18. The zero-order chi connectivity index (χ0) is 20.5. The molecular weight excluding hydrogens is 362 g/mol. The molecule has 1 atom stereocenters. The van der Waals surface area contributed by atoms with Gasteiger partial charge >= 0.3 is 0 Å². The molecule has 1 fully saturated rings. The van der Waals surface area contributed by atoms with Gasteiger partial charge in [0, 0.05) is 48.0 Å². The average Bonchev–Trinajstić information content (AvgIpc) is 3.59. The van der Waals surface area contributed by atoms with E-state index in [1.807, 2.05) is 38.2 Å². The molecular formula is C23H25N5O. The molecule has 1 heterocycles. The van der Waals surface area contributed by atoms with Gasteiger partial charge in [-0.25, -0.2) is 0 Å². The first-order valence-electron chi connectivity index (χ1n) is 10.1. The SMILES string of the molecule is CC[C@@H]1CC(=O)Nc2c(C#N)ccc(-c3ccc(NC)c(C(=N)C4CC4)c3)c2N1. The minimum absolute atomic E-state index is 0.00441. The smallest absolute Gasteiger partial charge is 0.226 e. The van der Waals surface area contributed by atoms with Crippen molar-refractivity contribution in [3.8, 4) is 17.2 Å². The van der Waals surface area contributed by atoms with E-state index in [2.05, 4.69) is 22.0 Å². The van der Waals surface area contributed by atoms with Gasteiger partial charge < -0.3 is 21.4 Å². The summed E-state index contributed by atoms with van der Waals surface area (Å²) in [7, 11) is 1.87. The Kier molecular flexibility index (Phi) is 4.98. The predicted octanol–water partition coefficient (Wildman–Crippen LogP) is 4.58. The molecule has 0 bridgehead atoms. The first-order valence-corrected chi connectivity index (χ1v) is 10.1. The van der Waals surface area contributed by atoms with Crippen molar-refractivity contribution in [3.05, 3.63) is 41.5 Å². The third-order valence-corrected chi connectivity index (χ3v) is 5.74. The molecule has 2 aromatic carbocycles. The molecule has 0 saturated heterocycles. The number of hydrogen-bond donors (Lipinski definition) is 4. The zero-order valence-corrected chi connectivity index (χ0v) is 16.7. The maximum atomic E-state index is 12.3. The second kappa shape index (κ2) is 7.59. The summed E-state index contributed by atoms with van der Waals surface area (Å²) in [6.45, 7) is 2.04. The summed E-state index contributed by atoms with van der Waals surface area (Å²) < 4.78 is 0. The minimum Gasteiger partial charge on any atom is -0.388 e. The molecule has 0 unspecified atom stereocenters. The number of amides is 1. The van der Waals surface area contributed by atoms with Crippen LogP contribution in [0.3, 0.4) is 0 Å². The van der Waals surface area contributed by atoms with Gasteiger partial charge in [-0.3, -0.25) is 4.79 Å². The Hall–Kier alpha value is -3.33. The molecule has 29 heavy (non-hydrogen) atoms. The summed E-state index contributed by atoms with van der Waals surface area (Å²) in [5.74, 6) is 0.260. The molecule has 2 aromatic rings. The van der Waals surface area contributed by atoms with Crippen LogP contribution in [0.5, 0.6) is 0 Å². The fourth-order valence-corrected chi connectivity index (χ4v) is 3.88. The van der Waals surface area contributed by atoms with E-state index in [1.54, 1.807) is 6.07 Å². The highest BCUT2D eigenvalue weighted by molar-refractivity contribution is 6.07. The van der Waals surface area contributed by atoms with E-state index in [9.17, 15) is 10.1 Å². The second-order valence-electron chi connectivity index (χ2n) is 7.72. The van der Waals surface area contributed by atoms with E-state index in [1.165, 1.54) is 0 Å². The lowest BCUT2D eigenvalue weighted by atomic mass is 9.94. The summed E-state index contributed by atoms with van der Waals surface area (Å²) in [5, 5.41) is 27.7. The first-order chi connectivity index (χ1) is 14.0. The van der Waals surface area contributed by atoms with Crippen LogP contribution in [-0.4, -0.2) is 24.7 Å². The monoisotopic (exact) mass is 387 g/mol. The lowest BCUT2D eigenvalue weighted by Gasteiger charge is -2.20. The third kappa shape index (κ3) is 3.56. The lowest BCUT2D eigenvalue weighted by molar-refractivity contribution is -0.116. The fourth-order valence-electron chi connectivity index (χ4n) is 3.88. The van der Waals surface area contributed by atoms with Crippen molar-refractivity contribution in [2.45, 2.75) is 38.6 Å². The van der Waals surface area contributed by atoms with Crippen LogP contribution in [0.4, 0.5) is 17.1 Å².